The van der Waals surface area contributed by atoms with Gasteiger partial charge >= 0.3 is 0 Å². The summed E-state index contributed by atoms with van der Waals surface area (Å²) in [6.07, 6.45) is 3.79. The molecule has 0 aliphatic carbocycles. The predicted molar refractivity (Wildman–Crippen MR) is 102 cm³/mol. The number of imidazole rings is 1. The monoisotopic (exact) mass is 346 g/mol. The molecule has 2 heterocycles. The van der Waals surface area contributed by atoms with Crippen molar-refractivity contribution < 1.29 is 0 Å². The summed E-state index contributed by atoms with van der Waals surface area (Å²) in [5.41, 5.74) is 4.04. The van der Waals surface area contributed by atoms with E-state index in [-0.39, 0.29) is 0 Å². The van der Waals surface area contributed by atoms with E-state index in [0.717, 1.165) is 33.9 Å². The first-order valence-corrected chi connectivity index (χ1v) is 9.11. The summed E-state index contributed by atoms with van der Waals surface area (Å²) in [5.74, 6) is 1.70. The summed E-state index contributed by atoms with van der Waals surface area (Å²) in [5, 5.41) is 1.04. The van der Waals surface area contributed by atoms with Crippen LogP contribution in [0.5, 0.6) is 0 Å². The molecule has 0 radical (unpaired) electrons. The molecule has 25 heavy (non-hydrogen) atoms. The summed E-state index contributed by atoms with van der Waals surface area (Å²) < 4.78 is 1.94. The van der Waals surface area contributed by atoms with Gasteiger partial charge in [-0.3, -0.25) is 0 Å². The third-order valence-electron chi connectivity index (χ3n) is 3.97. The number of hydrogen-bond donors (Lipinski definition) is 0. The second-order valence-corrected chi connectivity index (χ2v) is 7.05. The molecule has 5 heteroatoms. The summed E-state index contributed by atoms with van der Waals surface area (Å²) in [6, 6.07) is 16.9. The van der Waals surface area contributed by atoms with Crippen LogP contribution >= 0.6 is 11.8 Å². The molecule has 0 saturated heterocycles. The Labute approximate surface area is 151 Å². The summed E-state index contributed by atoms with van der Waals surface area (Å²) in [4.78, 5) is 14.9. The third-order valence-corrected chi connectivity index (χ3v) is 5.04. The first-order valence-electron chi connectivity index (χ1n) is 8.12. The molecule has 0 aliphatic heterocycles. The van der Waals surface area contributed by atoms with Gasteiger partial charge in [0.2, 0.25) is 0 Å². The number of nitrogens with zero attached hydrogens (tertiary/aromatic N) is 4. The fourth-order valence-electron chi connectivity index (χ4n) is 2.78. The highest BCUT2D eigenvalue weighted by atomic mass is 32.2. The Morgan fingerprint density at radius 2 is 1.88 bits per heavy atom. The van der Waals surface area contributed by atoms with Crippen LogP contribution in [0.3, 0.4) is 0 Å². The fourth-order valence-corrected chi connectivity index (χ4v) is 3.68. The Balaban J connectivity index is 1.72. The lowest BCUT2D eigenvalue weighted by Gasteiger charge is -2.08. The number of fused-ring (bicyclic) bond motifs is 1. The van der Waals surface area contributed by atoms with Crippen LogP contribution in [0.25, 0.3) is 22.3 Å². The van der Waals surface area contributed by atoms with Crippen molar-refractivity contribution in [1.82, 2.24) is 19.5 Å². The zero-order valence-electron chi connectivity index (χ0n) is 14.2. The Bertz CT molecular complexity index is 1020. The maximum Gasteiger partial charge on any atom is 0.126 e. The van der Waals surface area contributed by atoms with E-state index in [0.29, 0.717) is 0 Å². The third kappa shape index (κ3) is 3.42. The van der Waals surface area contributed by atoms with Gasteiger partial charge in [-0.15, -0.1) is 11.8 Å². The van der Waals surface area contributed by atoms with Crippen molar-refractivity contribution in [2.24, 2.45) is 7.05 Å². The van der Waals surface area contributed by atoms with E-state index in [2.05, 4.69) is 57.4 Å². The van der Waals surface area contributed by atoms with Crippen LogP contribution in [-0.2, 0) is 12.8 Å². The second-order valence-electron chi connectivity index (χ2n) is 6.00. The average Bonchev–Trinajstić information content (AvgIpc) is 3.06. The van der Waals surface area contributed by atoms with E-state index in [1.54, 1.807) is 6.33 Å². The van der Waals surface area contributed by atoms with Crippen molar-refractivity contribution >= 4 is 22.7 Å². The number of hydrogen-bond acceptors (Lipinski definition) is 4. The van der Waals surface area contributed by atoms with Gasteiger partial charge in [0.15, 0.2) is 0 Å². The number of benzene rings is 2. The molecule has 4 nitrogen and oxygen atoms in total. The summed E-state index contributed by atoms with van der Waals surface area (Å²) in [6.45, 7) is 1.92. The normalized spacial score (nSPS) is 11.1. The molecule has 0 N–H and O–H groups in total. The van der Waals surface area contributed by atoms with Crippen molar-refractivity contribution in [3.05, 3.63) is 72.4 Å². The molecule has 0 atom stereocenters. The molecule has 0 bridgehead atoms. The minimum Gasteiger partial charge on any atom is -0.340 e. The van der Waals surface area contributed by atoms with E-state index in [1.807, 2.05) is 42.6 Å². The molecule has 0 fully saturated rings. The average molecular weight is 346 g/mol. The minimum absolute atomic E-state index is 0.762. The van der Waals surface area contributed by atoms with Crippen LogP contribution in [0.15, 0.2) is 66.0 Å². The lowest BCUT2D eigenvalue weighted by molar-refractivity contribution is 0.913. The molecule has 4 aromatic rings. The van der Waals surface area contributed by atoms with Gasteiger partial charge in [-0.1, -0.05) is 30.3 Å². The van der Waals surface area contributed by atoms with Gasteiger partial charge in [-0.25, -0.2) is 15.0 Å². The van der Waals surface area contributed by atoms with Gasteiger partial charge in [0.25, 0.3) is 0 Å². The van der Waals surface area contributed by atoms with Crippen molar-refractivity contribution in [3.63, 3.8) is 0 Å². The standard InChI is InChI=1S/C20H18N4S/c1-14-22-18-9-8-16(25-12-15-6-4-3-5-7-15)10-17(18)20(23-14)19-11-24(2)13-21-19/h3-11,13H,12H2,1-2H3. The second kappa shape index (κ2) is 6.69. The maximum atomic E-state index is 4.65. The van der Waals surface area contributed by atoms with Crippen LogP contribution in [0, 0.1) is 6.92 Å². The van der Waals surface area contributed by atoms with Gasteiger partial charge < -0.3 is 4.57 Å². The predicted octanol–water partition coefficient (Wildman–Crippen LogP) is 4.63. The molecule has 0 amide bonds. The van der Waals surface area contributed by atoms with Crippen molar-refractivity contribution in [2.75, 3.05) is 0 Å². The SMILES string of the molecule is Cc1nc(-c2cn(C)cn2)c2cc(SCc3ccccc3)ccc2n1. The molecule has 0 spiro atoms. The van der Waals surface area contributed by atoms with Gasteiger partial charge in [-0.05, 0) is 30.7 Å². The largest absolute Gasteiger partial charge is 0.340 e. The summed E-state index contributed by atoms with van der Waals surface area (Å²) in [7, 11) is 1.97. The first kappa shape index (κ1) is 15.8. The van der Waals surface area contributed by atoms with Gasteiger partial charge in [-0.2, -0.15) is 0 Å². The van der Waals surface area contributed by atoms with Crippen LogP contribution in [-0.4, -0.2) is 19.5 Å². The number of aryl methyl sites for hydroxylation is 2. The van der Waals surface area contributed by atoms with Gasteiger partial charge in [0.1, 0.15) is 17.2 Å². The Morgan fingerprint density at radius 3 is 2.64 bits per heavy atom. The van der Waals surface area contributed by atoms with Crippen molar-refractivity contribution in [3.8, 4) is 11.4 Å². The molecule has 0 saturated carbocycles. The Hall–Kier alpha value is -2.66. The van der Waals surface area contributed by atoms with E-state index in [4.69, 9.17) is 0 Å². The maximum absolute atomic E-state index is 4.65. The van der Waals surface area contributed by atoms with Gasteiger partial charge in [0, 0.05) is 29.3 Å². The summed E-state index contributed by atoms with van der Waals surface area (Å²) >= 11 is 1.82. The van der Waals surface area contributed by atoms with Gasteiger partial charge in [0.05, 0.1) is 11.8 Å². The zero-order chi connectivity index (χ0) is 17.2. The lowest BCUT2D eigenvalue weighted by Crippen LogP contribution is -1.94. The number of rotatable bonds is 4. The van der Waals surface area contributed by atoms with Crippen LogP contribution in [0.4, 0.5) is 0 Å². The van der Waals surface area contributed by atoms with E-state index >= 15 is 0 Å². The topological polar surface area (TPSA) is 43.6 Å². The quantitative estimate of drug-likeness (QED) is 0.505. The van der Waals surface area contributed by atoms with E-state index in [9.17, 15) is 0 Å². The highest BCUT2D eigenvalue weighted by Gasteiger charge is 2.11. The number of thioether (sulfide) groups is 1. The molecule has 4 rings (SSSR count). The number of aromatic nitrogens is 4. The smallest absolute Gasteiger partial charge is 0.126 e. The van der Waals surface area contributed by atoms with E-state index in [1.165, 1.54) is 10.5 Å². The fraction of sp³-hybridized carbons (Fsp3) is 0.150. The van der Waals surface area contributed by atoms with Crippen LogP contribution in [0.1, 0.15) is 11.4 Å². The molecule has 124 valence electrons. The molecule has 2 aromatic carbocycles. The molecular formula is C20H18N4S. The van der Waals surface area contributed by atoms with Crippen LogP contribution in [0.2, 0.25) is 0 Å². The first-order chi connectivity index (χ1) is 12.2. The molecule has 0 unspecified atom stereocenters. The Kier molecular flexibility index (Phi) is 4.24. The zero-order valence-corrected chi connectivity index (χ0v) is 15.0. The minimum atomic E-state index is 0.762. The molecule has 2 aromatic heterocycles. The van der Waals surface area contributed by atoms with Crippen molar-refractivity contribution in [2.45, 2.75) is 17.6 Å². The molecule has 0 aliphatic rings. The molecular weight excluding hydrogens is 328 g/mol. The van der Waals surface area contributed by atoms with E-state index < -0.39 is 0 Å². The highest BCUT2D eigenvalue weighted by Crippen LogP contribution is 2.30. The lowest BCUT2D eigenvalue weighted by atomic mass is 10.1. The highest BCUT2D eigenvalue weighted by molar-refractivity contribution is 7.98. The van der Waals surface area contributed by atoms with Crippen molar-refractivity contribution in [1.29, 1.82) is 0 Å². The Morgan fingerprint density at radius 1 is 1.04 bits per heavy atom. The van der Waals surface area contributed by atoms with Crippen LogP contribution < -0.4 is 0 Å².